The second-order valence-corrected chi connectivity index (χ2v) is 5.91. The Hall–Kier alpha value is -3.74. The lowest BCUT2D eigenvalue weighted by molar-refractivity contribution is 0.415. The van der Waals surface area contributed by atoms with Gasteiger partial charge in [-0.15, -0.1) is 0 Å². The van der Waals surface area contributed by atoms with Crippen molar-refractivity contribution in [3.63, 3.8) is 0 Å². The minimum atomic E-state index is -0.440. The fourth-order valence-electron chi connectivity index (χ4n) is 2.83. The maximum absolute atomic E-state index is 12.0. The van der Waals surface area contributed by atoms with E-state index in [9.17, 15) is 4.79 Å². The van der Waals surface area contributed by atoms with Crippen LogP contribution in [-0.4, -0.2) is 27.2 Å². The van der Waals surface area contributed by atoms with E-state index >= 15 is 0 Å². The van der Waals surface area contributed by atoms with Crippen molar-refractivity contribution in [2.24, 2.45) is 0 Å². The number of methoxy groups -OCH3 is 1. The summed E-state index contributed by atoms with van der Waals surface area (Å²) in [5.74, 6) is 1.48. The molecule has 4 rings (SSSR count). The van der Waals surface area contributed by atoms with Crippen molar-refractivity contribution in [3.05, 3.63) is 70.8 Å². The molecule has 134 valence electrons. The van der Waals surface area contributed by atoms with Gasteiger partial charge in [0.05, 0.1) is 18.4 Å². The Kier molecular flexibility index (Phi) is 4.25. The summed E-state index contributed by atoms with van der Waals surface area (Å²) in [4.78, 5) is 23.3. The van der Waals surface area contributed by atoms with Crippen molar-refractivity contribution >= 4 is 0 Å². The number of aromatic amines is 1. The molecule has 0 aliphatic rings. The molecule has 4 aromatic rings. The number of H-pyrrole nitrogens is 1. The van der Waals surface area contributed by atoms with E-state index in [0.29, 0.717) is 34.4 Å². The summed E-state index contributed by atoms with van der Waals surface area (Å²) >= 11 is 0. The van der Waals surface area contributed by atoms with Gasteiger partial charge >= 0.3 is 5.69 Å². The van der Waals surface area contributed by atoms with Gasteiger partial charge in [0.25, 0.3) is 5.89 Å². The molecule has 0 atom stereocenters. The Bertz CT molecular complexity index is 1130. The second kappa shape index (κ2) is 6.87. The van der Waals surface area contributed by atoms with Crippen LogP contribution in [0.4, 0.5) is 0 Å². The number of nitrogens with zero attached hydrogens (tertiary/aromatic N) is 3. The van der Waals surface area contributed by atoms with E-state index in [1.54, 1.807) is 26.2 Å². The Morgan fingerprint density at radius 2 is 1.70 bits per heavy atom. The summed E-state index contributed by atoms with van der Waals surface area (Å²) in [7, 11) is 1.60. The number of rotatable bonds is 4. The molecule has 2 aromatic carbocycles. The number of hydrogen-bond donors (Lipinski definition) is 1. The molecule has 27 heavy (non-hydrogen) atoms. The monoisotopic (exact) mass is 360 g/mol. The van der Waals surface area contributed by atoms with Crippen LogP contribution in [-0.2, 0) is 0 Å². The quantitative estimate of drug-likeness (QED) is 0.599. The van der Waals surface area contributed by atoms with Gasteiger partial charge in [-0.05, 0) is 31.2 Å². The predicted molar refractivity (Wildman–Crippen MR) is 100 cm³/mol. The highest BCUT2D eigenvalue weighted by Crippen LogP contribution is 2.32. The summed E-state index contributed by atoms with van der Waals surface area (Å²) in [6, 6.07) is 16.8. The molecular weight excluding hydrogens is 344 g/mol. The van der Waals surface area contributed by atoms with Crippen molar-refractivity contribution in [1.29, 1.82) is 0 Å². The van der Waals surface area contributed by atoms with E-state index in [1.165, 1.54) is 0 Å². The Morgan fingerprint density at radius 3 is 2.41 bits per heavy atom. The standard InChI is InChI=1S/C20H16N4O3/c1-12-16(19-23-18(24-27-19)14-6-4-3-5-7-14)17(22-20(25)21-12)13-8-10-15(26-2)11-9-13/h3-11H,1-2H3,(H,21,22,25). The first-order valence-corrected chi connectivity index (χ1v) is 8.30. The highest BCUT2D eigenvalue weighted by atomic mass is 16.5. The van der Waals surface area contributed by atoms with Gasteiger partial charge in [-0.25, -0.2) is 4.79 Å². The largest absolute Gasteiger partial charge is 0.497 e. The van der Waals surface area contributed by atoms with Gasteiger partial charge in [0.2, 0.25) is 5.82 Å². The van der Waals surface area contributed by atoms with Crippen LogP contribution in [0.25, 0.3) is 34.1 Å². The summed E-state index contributed by atoms with van der Waals surface area (Å²) < 4.78 is 10.7. The number of benzene rings is 2. The second-order valence-electron chi connectivity index (χ2n) is 5.91. The molecule has 0 saturated carbocycles. The molecule has 0 fully saturated rings. The topological polar surface area (TPSA) is 93.9 Å². The van der Waals surface area contributed by atoms with Crippen LogP contribution in [0.1, 0.15) is 5.69 Å². The first kappa shape index (κ1) is 16.7. The summed E-state index contributed by atoms with van der Waals surface area (Å²) in [5.41, 5.74) is 2.82. The van der Waals surface area contributed by atoms with Crippen LogP contribution in [0.2, 0.25) is 0 Å². The summed E-state index contributed by atoms with van der Waals surface area (Å²) in [6.07, 6.45) is 0. The van der Waals surface area contributed by atoms with Gasteiger partial charge < -0.3 is 14.2 Å². The molecule has 0 amide bonds. The smallest absolute Gasteiger partial charge is 0.345 e. The van der Waals surface area contributed by atoms with Gasteiger partial charge in [0.15, 0.2) is 0 Å². The average Bonchev–Trinajstić information content (AvgIpc) is 3.18. The van der Waals surface area contributed by atoms with Gasteiger partial charge in [0.1, 0.15) is 5.75 Å². The van der Waals surface area contributed by atoms with E-state index in [4.69, 9.17) is 9.26 Å². The summed E-state index contributed by atoms with van der Waals surface area (Å²) in [6.45, 7) is 1.78. The molecule has 0 radical (unpaired) electrons. The van der Waals surface area contributed by atoms with E-state index in [2.05, 4.69) is 20.1 Å². The Balaban J connectivity index is 1.85. The Labute approximate surface area is 154 Å². The van der Waals surface area contributed by atoms with Crippen molar-refractivity contribution in [2.45, 2.75) is 6.92 Å². The predicted octanol–water partition coefficient (Wildman–Crippen LogP) is 3.47. The lowest BCUT2D eigenvalue weighted by Crippen LogP contribution is -2.14. The molecule has 7 nitrogen and oxygen atoms in total. The van der Waals surface area contributed by atoms with Gasteiger partial charge in [0, 0.05) is 16.8 Å². The number of aryl methyl sites for hydroxylation is 1. The number of nitrogens with one attached hydrogen (secondary N) is 1. The molecule has 1 N–H and O–H groups in total. The van der Waals surface area contributed by atoms with Gasteiger partial charge in [-0.1, -0.05) is 35.5 Å². The van der Waals surface area contributed by atoms with Crippen molar-refractivity contribution < 1.29 is 9.26 Å². The third-order valence-electron chi connectivity index (χ3n) is 4.15. The molecule has 0 spiro atoms. The number of aromatic nitrogens is 4. The van der Waals surface area contributed by atoms with Crippen LogP contribution < -0.4 is 10.4 Å². The average molecular weight is 360 g/mol. The van der Waals surface area contributed by atoms with Crippen LogP contribution in [0.5, 0.6) is 5.75 Å². The minimum Gasteiger partial charge on any atom is -0.497 e. The lowest BCUT2D eigenvalue weighted by Gasteiger charge is -2.08. The van der Waals surface area contributed by atoms with Crippen LogP contribution in [0, 0.1) is 6.92 Å². The SMILES string of the molecule is COc1ccc(-c2nc(=O)[nH]c(C)c2-c2nc(-c3ccccc3)no2)cc1. The molecule has 0 aliphatic heterocycles. The third kappa shape index (κ3) is 3.22. The minimum absolute atomic E-state index is 0.293. The summed E-state index contributed by atoms with van der Waals surface area (Å²) in [5, 5.41) is 4.06. The highest BCUT2D eigenvalue weighted by Gasteiger charge is 2.20. The molecule has 0 aliphatic carbocycles. The first-order valence-electron chi connectivity index (χ1n) is 8.30. The number of ether oxygens (including phenoxy) is 1. The molecule has 0 saturated heterocycles. The molecule has 2 aromatic heterocycles. The first-order chi connectivity index (χ1) is 13.2. The maximum atomic E-state index is 12.0. The van der Waals surface area contributed by atoms with Crippen LogP contribution in [0.3, 0.4) is 0 Å². The van der Waals surface area contributed by atoms with E-state index in [1.807, 2.05) is 42.5 Å². The van der Waals surface area contributed by atoms with E-state index < -0.39 is 5.69 Å². The molecule has 7 heteroatoms. The van der Waals surface area contributed by atoms with Gasteiger partial charge in [-0.2, -0.15) is 9.97 Å². The number of hydrogen-bond acceptors (Lipinski definition) is 6. The zero-order chi connectivity index (χ0) is 18.8. The van der Waals surface area contributed by atoms with Crippen LogP contribution >= 0.6 is 0 Å². The maximum Gasteiger partial charge on any atom is 0.345 e. The lowest BCUT2D eigenvalue weighted by atomic mass is 10.0. The zero-order valence-corrected chi connectivity index (χ0v) is 14.8. The molecule has 0 bridgehead atoms. The van der Waals surface area contributed by atoms with Gasteiger partial charge in [-0.3, -0.25) is 0 Å². The van der Waals surface area contributed by atoms with E-state index in [0.717, 1.165) is 11.1 Å². The molecular formula is C20H16N4O3. The molecule has 2 heterocycles. The van der Waals surface area contributed by atoms with Crippen molar-refractivity contribution in [3.8, 4) is 39.8 Å². The van der Waals surface area contributed by atoms with Crippen molar-refractivity contribution in [1.82, 2.24) is 20.1 Å². The van der Waals surface area contributed by atoms with Crippen molar-refractivity contribution in [2.75, 3.05) is 7.11 Å². The highest BCUT2D eigenvalue weighted by molar-refractivity contribution is 5.78. The third-order valence-corrected chi connectivity index (χ3v) is 4.15. The molecule has 0 unspecified atom stereocenters. The fraction of sp³-hybridized carbons (Fsp3) is 0.100. The van der Waals surface area contributed by atoms with Crippen LogP contribution in [0.15, 0.2) is 63.9 Å². The zero-order valence-electron chi connectivity index (χ0n) is 14.8. The fourth-order valence-corrected chi connectivity index (χ4v) is 2.83. The van der Waals surface area contributed by atoms with E-state index in [-0.39, 0.29) is 0 Å². The Morgan fingerprint density at radius 1 is 0.963 bits per heavy atom. The normalized spacial score (nSPS) is 10.7.